The van der Waals surface area contributed by atoms with Gasteiger partial charge < -0.3 is 20.7 Å². The van der Waals surface area contributed by atoms with E-state index in [0.29, 0.717) is 5.69 Å². The van der Waals surface area contributed by atoms with Crippen molar-refractivity contribution in [3.8, 4) is 11.3 Å². The first kappa shape index (κ1) is 16.9. The summed E-state index contributed by atoms with van der Waals surface area (Å²) in [6.07, 6.45) is 5.42. The zero-order chi connectivity index (χ0) is 18.3. The number of aromatic nitrogens is 4. The van der Waals surface area contributed by atoms with Crippen LogP contribution in [0.4, 0.5) is 5.82 Å². The Balaban J connectivity index is 1.76. The van der Waals surface area contributed by atoms with E-state index in [9.17, 15) is 5.11 Å². The Hall–Kier alpha value is -2.51. The number of aromatic amines is 1. The third kappa shape index (κ3) is 2.93. The zero-order valence-corrected chi connectivity index (χ0v) is 15.2. The summed E-state index contributed by atoms with van der Waals surface area (Å²) in [6, 6.07) is 3.92. The number of aliphatic hydroxyl groups is 1. The maximum atomic E-state index is 9.91. The van der Waals surface area contributed by atoms with Crippen LogP contribution < -0.4 is 10.6 Å². The highest BCUT2D eigenvalue weighted by Gasteiger charge is 2.28. The number of nitrogens with two attached hydrogens (primary N) is 1. The van der Waals surface area contributed by atoms with Crippen molar-refractivity contribution >= 4 is 16.9 Å². The number of piperidine rings is 1. The monoisotopic (exact) mass is 352 g/mol. The standard InChI is InChI=1S/C19H24N6O/c1-12-16(13-3-7-21-17-14(13)4-8-22-17)24-15(11-26)18(23-12)25-9-5-19(2,20)6-10-25/h3-4,7-8,26H,5-6,9-11,20H2,1-2H3,(H,21,22). The van der Waals surface area contributed by atoms with Gasteiger partial charge >= 0.3 is 0 Å². The third-order valence-corrected chi connectivity index (χ3v) is 5.19. The van der Waals surface area contributed by atoms with Crippen molar-refractivity contribution in [2.45, 2.75) is 38.8 Å². The van der Waals surface area contributed by atoms with E-state index in [4.69, 9.17) is 15.7 Å². The molecule has 1 aliphatic rings. The van der Waals surface area contributed by atoms with Crippen molar-refractivity contribution in [3.05, 3.63) is 35.9 Å². The van der Waals surface area contributed by atoms with Crippen molar-refractivity contribution in [2.75, 3.05) is 18.0 Å². The van der Waals surface area contributed by atoms with Crippen LogP contribution in [0.5, 0.6) is 0 Å². The smallest absolute Gasteiger partial charge is 0.153 e. The van der Waals surface area contributed by atoms with Crippen LogP contribution in [0, 0.1) is 6.92 Å². The minimum atomic E-state index is -0.145. The highest BCUT2D eigenvalue weighted by Crippen LogP contribution is 2.31. The fourth-order valence-electron chi connectivity index (χ4n) is 3.55. The van der Waals surface area contributed by atoms with Crippen LogP contribution in [-0.2, 0) is 6.61 Å². The first-order valence-electron chi connectivity index (χ1n) is 8.93. The molecule has 3 aromatic rings. The summed E-state index contributed by atoms with van der Waals surface area (Å²) in [4.78, 5) is 19.2. The summed E-state index contributed by atoms with van der Waals surface area (Å²) < 4.78 is 0. The number of hydrogen-bond donors (Lipinski definition) is 3. The van der Waals surface area contributed by atoms with E-state index < -0.39 is 0 Å². The van der Waals surface area contributed by atoms with Crippen molar-refractivity contribution in [1.82, 2.24) is 19.9 Å². The maximum absolute atomic E-state index is 9.91. The summed E-state index contributed by atoms with van der Waals surface area (Å²) in [6.45, 7) is 5.55. The van der Waals surface area contributed by atoms with Gasteiger partial charge in [0.05, 0.1) is 18.0 Å². The Labute approximate surface area is 152 Å². The lowest BCUT2D eigenvalue weighted by atomic mass is 9.91. The molecule has 0 aromatic carbocycles. The first-order chi connectivity index (χ1) is 12.5. The molecule has 3 aromatic heterocycles. The number of hydrogen-bond acceptors (Lipinski definition) is 6. The summed E-state index contributed by atoms with van der Waals surface area (Å²) >= 11 is 0. The highest BCUT2D eigenvalue weighted by molar-refractivity contribution is 5.92. The Morgan fingerprint density at radius 3 is 2.77 bits per heavy atom. The van der Waals surface area contributed by atoms with Gasteiger partial charge in [-0.05, 0) is 38.8 Å². The van der Waals surface area contributed by atoms with Gasteiger partial charge in [-0.2, -0.15) is 0 Å². The van der Waals surface area contributed by atoms with Gasteiger partial charge in [-0.3, -0.25) is 0 Å². The van der Waals surface area contributed by atoms with Crippen LogP contribution >= 0.6 is 0 Å². The topological polar surface area (TPSA) is 104 Å². The average Bonchev–Trinajstić information content (AvgIpc) is 3.10. The number of pyridine rings is 1. The number of H-pyrrole nitrogens is 1. The molecule has 4 rings (SSSR count). The Morgan fingerprint density at radius 2 is 2.04 bits per heavy atom. The molecule has 0 radical (unpaired) electrons. The predicted octanol–water partition coefficient (Wildman–Crippen LogP) is 2.14. The Morgan fingerprint density at radius 1 is 1.27 bits per heavy atom. The maximum Gasteiger partial charge on any atom is 0.153 e. The highest BCUT2D eigenvalue weighted by atomic mass is 16.3. The molecular weight excluding hydrogens is 328 g/mol. The zero-order valence-electron chi connectivity index (χ0n) is 15.2. The normalized spacial score (nSPS) is 17.0. The molecule has 0 bridgehead atoms. The van der Waals surface area contributed by atoms with Crippen LogP contribution in [0.1, 0.15) is 31.2 Å². The molecule has 1 saturated heterocycles. The molecule has 0 unspecified atom stereocenters. The fourth-order valence-corrected chi connectivity index (χ4v) is 3.55. The molecule has 0 saturated carbocycles. The number of rotatable bonds is 3. The molecule has 1 fully saturated rings. The van der Waals surface area contributed by atoms with E-state index in [0.717, 1.165) is 59.7 Å². The lowest BCUT2D eigenvalue weighted by Gasteiger charge is -2.38. The SMILES string of the molecule is Cc1nc(N2CCC(C)(N)CC2)c(CO)nc1-c1ccnc2[nH]ccc12. The second-order valence-corrected chi connectivity index (χ2v) is 7.33. The third-order valence-electron chi connectivity index (χ3n) is 5.19. The minimum absolute atomic E-state index is 0.130. The largest absolute Gasteiger partial charge is 0.390 e. The second-order valence-electron chi connectivity index (χ2n) is 7.33. The molecule has 1 aliphatic heterocycles. The van der Waals surface area contributed by atoms with Gasteiger partial charge in [0.25, 0.3) is 0 Å². The van der Waals surface area contributed by atoms with E-state index in [1.807, 2.05) is 25.3 Å². The van der Waals surface area contributed by atoms with Crippen LogP contribution in [0.25, 0.3) is 22.3 Å². The van der Waals surface area contributed by atoms with Crippen molar-refractivity contribution in [1.29, 1.82) is 0 Å². The summed E-state index contributed by atoms with van der Waals surface area (Å²) in [5, 5.41) is 10.9. The number of nitrogens with zero attached hydrogens (tertiary/aromatic N) is 4. The molecule has 136 valence electrons. The number of fused-ring (bicyclic) bond motifs is 1. The van der Waals surface area contributed by atoms with Crippen LogP contribution in [0.15, 0.2) is 24.5 Å². The molecule has 26 heavy (non-hydrogen) atoms. The average molecular weight is 352 g/mol. The molecule has 0 spiro atoms. The number of nitrogens with one attached hydrogen (secondary N) is 1. The van der Waals surface area contributed by atoms with Gasteiger partial charge in [-0.1, -0.05) is 0 Å². The van der Waals surface area contributed by atoms with Gasteiger partial charge in [-0.25, -0.2) is 15.0 Å². The summed E-state index contributed by atoms with van der Waals surface area (Å²) in [5.74, 6) is 0.767. The molecular formula is C19H24N6O. The molecule has 0 aliphatic carbocycles. The predicted molar refractivity (Wildman–Crippen MR) is 102 cm³/mol. The van der Waals surface area contributed by atoms with Crippen molar-refractivity contribution < 1.29 is 5.11 Å². The van der Waals surface area contributed by atoms with Crippen LogP contribution in [0.2, 0.25) is 0 Å². The Bertz CT molecular complexity index is 938. The van der Waals surface area contributed by atoms with Crippen LogP contribution in [-0.4, -0.2) is 43.7 Å². The molecule has 0 amide bonds. The minimum Gasteiger partial charge on any atom is -0.390 e. The van der Waals surface area contributed by atoms with E-state index in [2.05, 4.69) is 21.8 Å². The van der Waals surface area contributed by atoms with E-state index in [1.165, 1.54) is 0 Å². The van der Waals surface area contributed by atoms with Gasteiger partial charge in [0.2, 0.25) is 0 Å². The molecule has 7 heteroatoms. The molecule has 0 atom stereocenters. The Kier molecular flexibility index (Phi) is 4.13. The van der Waals surface area contributed by atoms with Gasteiger partial charge in [-0.15, -0.1) is 0 Å². The van der Waals surface area contributed by atoms with E-state index >= 15 is 0 Å². The quantitative estimate of drug-likeness (QED) is 0.667. The number of aliphatic hydroxyl groups excluding tert-OH is 1. The first-order valence-corrected chi connectivity index (χ1v) is 8.93. The number of aryl methyl sites for hydroxylation is 1. The van der Waals surface area contributed by atoms with E-state index in [-0.39, 0.29) is 12.1 Å². The molecule has 4 N–H and O–H groups in total. The molecule has 7 nitrogen and oxygen atoms in total. The van der Waals surface area contributed by atoms with E-state index in [1.54, 1.807) is 6.20 Å². The fraction of sp³-hybridized carbons (Fsp3) is 0.421. The molecule has 4 heterocycles. The number of anilines is 1. The summed E-state index contributed by atoms with van der Waals surface area (Å²) in [7, 11) is 0. The second kappa shape index (κ2) is 6.34. The van der Waals surface area contributed by atoms with Gasteiger partial charge in [0, 0.05) is 42.0 Å². The van der Waals surface area contributed by atoms with Gasteiger partial charge in [0.15, 0.2) is 5.82 Å². The van der Waals surface area contributed by atoms with Crippen molar-refractivity contribution in [3.63, 3.8) is 0 Å². The van der Waals surface area contributed by atoms with Crippen LogP contribution in [0.3, 0.4) is 0 Å². The summed E-state index contributed by atoms with van der Waals surface area (Å²) in [5.41, 5.74) is 10.1. The lowest BCUT2D eigenvalue weighted by Crippen LogP contribution is -2.48. The van der Waals surface area contributed by atoms with Crippen molar-refractivity contribution in [2.24, 2.45) is 5.73 Å². The lowest BCUT2D eigenvalue weighted by molar-refractivity contribution is 0.275. The van der Waals surface area contributed by atoms with Gasteiger partial charge in [0.1, 0.15) is 11.3 Å².